The normalized spacial score (nSPS) is 10.5. The third kappa shape index (κ3) is 3.54. The second-order valence-corrected chi connectivity index (χ2v) is 5.74. The molecule has 0 fully saturated rings. The topological polar surface area (TPSA) is 73.6 Å². The maximum atomic E-state index is 12.1. The summed E-state index contributed by atoms with van der Waals surface area (Å²) in [7, 11) is 2.95. The molecule has 0 atom stereocenters. The summed E-state index contributed by atoms with van der Waals surface area (Å²) in [6.07, 6.45) is 2.33. The lowest BCUT2D eigenvalue weighted by molar-refractivity contribution is 0.0595. The van der Waals surface area contributed by atoms with Crippen molar-refractivity contribution in [2.75, 3.05) is 14.2 Å². The highest BCUT2D eigenvalue weighted by molar-refractivity contribution is 5.95. The van der Waals surface area contributed by atoms with E-state index >= 15 is 0 Å². The number of rotatable bonds is 6. The summed E-state index contributed by atoms with van der Waals surface area (Å²) in [6.45, 7) is 0.597. The minimum Gasteiger partial charge on any atom is -0.507 e. The molecule has 6 heteroatoms. The number of methoxy groups -OCH3 is 2. The molecule has 3 aromatic rings. The van der Waals surface area contributed by atoms with Gasteiger partial charge in [0.2, 0.25) is 0 Å². The van der Waals surface area contributed by atoms with Crippen molar-refractivity contribution in [1.82, 2.24) is 9.55 Å². The smallest absolute Gasteiger partial charge is 0.358 e. The molecule has 1 heterocycles. The number of carbonyl (C=O) groups excluding carboxylic acids is 1. The number of ether oxygens (including phenoxy) is 2. The number of aryl methyl sites for hydroxylation is 2. The van der Waals surface area contributed by atoms with Crippen LogP contribution in [0.15, 0.2) is 54.9 Å². The number of esters is 1. The van der Waals surface area contributed by atoms with Gasteiger partial charge in [-0.25, -0.2) is 9.78 Å². The minimum atomic E-state index is -0.536. The lowest BCUT2D eigenvalue weighted by Gasteiger charge is -2.11. The van der Waals surface area contributed by atoms with Crippen LogP contribution in [0, 0.1) is 0 Å². The fraction of sp³-hybridized carbons (Fsp3) is 0.200. The third-order valence-corrected chi connectivity index (χ3v) is 4.18. The molecule has 0 spiro atoms. The molecule has 0 radical (unpaired) electrons. The van der Waals surface area contributed by atoms with E-state index in [1.807, 2.05) is 28.8 Å². The average molecular weight is 352 g/mol. The number of phenolic OH excluding ortho intramolecular Hbond substituents is 1. The molecular weight excluding hydrogens is 332 g/mol. The van der Waals surface area contributed by atoms with Crippen molar-refractivity contribution in [2.45, 2.75) is 13.0 Å². The summed E-state index contributed by atoms with van der Waals surface area (Å²) >= 11 is 0. The number of aromatic hydroxyl groups is 1. The molecule has 1 N–H and O–H groups in total. The van der Waals surface area contributed by atoms with Crippen LogP contribution in [-0.4, -0.2) is 34.8 Å². The standard InChI is InChI=1S/C20H20N2O4/c1-25-15-9-7-14(8-10-15)11-12-22-13-21-18(20(24)26-2)19(22)16-5-3-4-6-17(16)23/h3-10,13,23H,11-12H2,1-2H3. The van der Waals surface area contributed by atoms with Gasteiger partial charge in [0.25, 0.3) is 0 Å². The van der Waals surface area contributed by atoms with Crippen LogP contribution >= 0.6 is 0 Å². The summed E-state index contributed by atoms with van der Waals surface area (Å²) in [5.41, 5.74) is 2.40. The Morgan fingerprint density at radius 2 is 1.85 bits per heavy atom. The molecule has 26 heavy (non-hydrogen) atoms. The number of para-hydroxylation sites is 1. The van der Waals surface area contributed by atoms with Gasteiger partial charge >= 0.3 is 5.97 Å². The van der Waals surface area contributed by atoms with Crippen LogP contribution in [0.2, 0.25) is 0 Å². The largest absolute Gasteiger partial charge is 0.507 e. The number of carbonyl (C=O) groups is 1. The number of hydrogen-bond acceptors (Lipinski definition) is 5. The summed E-state index contributed by atoms with van der Waals surface area (Å²) in [5.74, 6) is 0.356. The first-order valence-electron chi connectivity index (χ1n) is 8.18. The van der Waals surface area contributed by atoms with Crippen molar-refractivity contribution in [3.63, 3.8) is 0 Å². The molecule has 0 aliphatic carbocycles. The van der Waals surface area contributed by atoms with Crippen LogP contribution in [0.3, 0.4) is 0 Å². The zero-order chi connectivity index (χ0) is 18.5. The fourth-order valence-corrected chi connectivity index (χ4v) is 2.80. The Kier molecular flexibility index (Phi) is 5.22. The van der Waals surface area contributed by atoms with Gasteiger partial charge in [-0.1, -0.05) is 24.3 Å². The minimum absolute atomic E-state index is 0.0869. The van der Waals surface area contributed by atoms with E-state index < -0.39 is 5.97 Å². The summed E-state index contributed by atoms with van der Waals surface area (Å²) in [4.78, 5) is 16.3. The number of aromatic nitrogens is 2. The number of benzene rings is 2. The Balaban J connectivity index is 1.92. The van der Waals surface area contributed by atoms with Gasteiger partial charge in [0.1, 0.15) is 11.5 Å². The molecule has 1 aromatic heterocycles. The molecule has 6 nitrogen and oxygen atoms in total. The summed E-state index contributed by atoms with van der Waals surface area (Å²) in [5, 5.41) is 10.2. The molecule has 0 unspecified atom stereocenters. The Hall–Kier alpha value is -3.28. The van der Waals surface area contributed by atoms with E-state index in [1.54, 1.807) is 37.7 Å². The lowest BCUT2D eigenvalue weighted by atomic mass is 10.1. The number of phenols is 1. The van der Waals surface area contributed by atoms with E-state index in [0.29, 0.717) is 17.8 Å². The second-order valence-electron chi connectivity index (χ2n) is 5.74. The van der Waals surface area contributed by atoms with Gasteiger partial charge < -0.3 is 19.1 Å². The Morgan fingerprint density at radius 1 is 1.12 bits per heavy atom. The predicted octanol–water partition coefficient (Wildman–Crippen LogP) is 3.29. The van der Waals surface area contributed by atoms with E-state index in [0.717, 1.165) is 17.7 Å². The molecule has 0 aliphatic rings. The van der Waals surface area contributed by atoms with Crippen LogP contribution in [0.1, 0.15) is 16.1 Å². The predicted molar refractivity (Wildman–Crippen MR) is 97.4 cm³/mol. The highest BCUT2D eigenvalue weighted by Gasteiger charge is 2.22. The molecule has 0 saturated carbocycles. The maximum Gasteiger partial charge on any atom is 0.358 e. The molecule has 134 valence electrons. The Labute approximate surface area is 151 Å². The monoisotopic (exact) mass is 352 g/mol. The van der Waals surface area contributed by atoms with Gasteiger partial charge in [0.05, 0.1) is 26.2 Å². The van der Waals surface area contributed by atoms with Crippen molar-refractivity contribution >= 4 is 5.97 Å². The van der Waals surface area contributed by atoms with Gasteiger partial charge in [0.15, 0.2) is 5.69 Å². The third-order valence-electron chi connectivity index (χ3n) is 4.18. The van der Waals surface area contributed by atoms with E-state index in [-0.39, 0.29) is 11.4 Å². The van der Waals surface area contributed by atoms with Crippen molar-refractivity contribution in [2.24, 2.45) is 0 Å². The quantitative estimate of drug-likeness (QED) is 0.689. The van der Waals surface area contributed by atoms with Crippen LogP contribution < -0.4 is 4.74 Å². The van der Waals surface area contributed by atoms with Gasteiger partial charge in [-0.05, 0) is 36.2 Å². The average Bonchev–Trinajstić information content (AvgIpc) is 3.10. The van der Waals surface area contributed by atoms with E-state index in [2.05, 4.69) is 4.98 Å². The zero-order valence-electron chi connectivity index (χ0n) is 14.7. The highest BCUT2D eigenvalue weighted by Crippen LogP contribution is 2.31. The maximum absolute atomic E-state index is 12.1. The fourth-order valence-electron chi connectivity index (χ4n) is 2.80. The van der Waals surface area contributed by atoms with Gasteiger partial charge in [-0.3, -0.25) is 0 Å². The van der Waals surface area contributed by atoms with Crippen molar-refractivity contribution in [3.8, 4) is 22.8 Å². The lowest BCUT2D eigenvalue weighted by Crippen LogP contribution is -2.07. The number of nitrogens with zero attached hydrogens (tertiary/aromatic N) is 2. The van der Waals surface area contributed by atoms with E-state index in [4.69, 9.17) is 9.47 Å². The van der Waals surface area contributed by atoms with Crippen molar-refractivity contribution in [3.05, 3.63) is 66.1 Å². The first-order valence-corrected chi connectivity index (χ1v) is 8.18. The van der Waals surface area contributed by atoms with Crippen LogP contribution in [0.25, 0.3) is 11.3 Å². The van der Waals surface area contributed by atoms with Crippen LogP contribution in [0.5, 0.6) is 11.5 Å². The SMILES string of the molecule is COC(=O)c1ncn(CCc2ccc(OC)cc2)c1-c1ccccc1O. The van der Waals surface area contributed by atoms with E-state index in [9.17, 15) is 9.90 Å². The second kappa shape index (κ2) is 7.74. The summed E-state index contributed by atoms with van der Waals surface area (Å²) < 4.78 is 11.9. The number of hydrogen-bond donors (Lipinski definition) is 1. The Bertz CT molecular complexity index is 900. The first kappa shape index (κ1) is 17.5. The molecule has 3 rings (SSSR count). The van der Waals surface area contributed by atoms with Crippen LogP contribution in [0.4, 0.5) is 0 Å². The molecule has 0 bridgehead atoms. The Morgan fingerprint density at radius 3 is 2.50 bits per heavy atom. The van der Waals surface area contributed by atoms with Gasteiger partial charge in [-0.15, -0.1) is 0 Å². The van der Waals surface area contributed by atoms with E-state index in [1.165, 1.54) is 7.11 Å². The van der Waals surface area contributed by atoms with Crippen molar-refractivity contribution in [1.29, 1.82) is 0 Å². The number of imidazole rings is 1. The molecular formula is C20H20N2O4. The van der Waals surface area contributed by atoms with Crippen LogP contribution in [-0.2, 0) is 17.7 Å². The summed E-state index contributed by atoms with van der Waals surface area (Å²) in [6, 6.07) is 14.7. The molecule has 0 aliphatic heterocycles. The van der Waals surface area contributed by atoms with Gasteiger partial charge in [-0.2, -0.15) is 0 Å². The molecule has 0 amide bonds. The zero-order valence-corrected chi connectivity index (χ0v) is 14.7. The molecule has 0 saturated heterocycles. The van der Waals surface area contributed by atoms with Crippen molar-refractivity contribution < 1.29 is 19.4 Å². The van der Waals surface area contributed by atoms with Gasteiger partial charge in [0, 0.05) is 12.1 Å². The molecule has 2 aromatic carbocycles. The highest BCUT2D eigenvalue weighted by atomic mass is 16.5. The first-order chi connectivity index (χ1) is 12.6.